The van der Waals surface area contributed by atoms with Crippen LogP contribution in [0.5, 0.6) is 0 Å². The van der Waals surface area contributed by atoms with E-state index >= 15 is 0 Å². The van der Waals surface area contributed by atoms with E-state index in [9.17, 15) is 27.6 Å². The zero-order valence-electron chi connectivity index (χ0n) is 19.7. The van der Waals surface area contributed by atoms with E-state index in [2.05, 4.69) is 32.2 Å². The largest absolute Gasteiger partial charge is 0.417 e. The lowest BCUT2D eigenvalue weighted by molar-refractivity contribution is -0.117. The number of carbonyl (C=O) groups excluding carboxylic acids is 3. The number of amides is 3. The Morgan fingerprint density at radius 2 is 2.00 bits per heavy atom. The molecular weight excluding hydrogens is 533 g/mol. The highest BCUT2D eigenvalue weighted by Crippen LogP contribution is 2.32. The second kappa shape index (κ2) is 11.6. The minimum atomic E-state index is -4.74. The van der Waals surface area contributed by atoms with Crippen molar-refractivity contribution in [3.63, 3.8) is 0 Å². The molecule has 0 spiro atoms. The van der Waals surface area contributed by atoms with E-state index in [0.717, 1.165) is 17.4 Å². The molecule has 14 heteroatoms. The van der Waals surface area contributed by atoms with Crippen LogP contribution in [0.2, 0.25) is 0 Å². The van der Waals surface area contributed by atoms with E-state index < -0.39 is 34.6 Å². The molecule has 1 atom stereocenters. The van der Waals surface area contributed by atoms with Crippen molar-refractivity contribution in [2.24, 2.45) is 0 Å². The van der Waals surface area contributed by atoms with Crippen LogP contribution in [0.25, 0.3) is 0 Å². The number of hydrogen-bond acceptors (Lipinski definition) is 7. The summed E-state index contributed by atoms with van der Waals surface area (Å²) in [5.41, 5.74) is -1.19. The first-order valence-electron chi connectivity index (χ1n) is 10.9. The van der Waals surface area contributed by atoms with Crippen LogP contribution in [0.1, 0.15) is 57.9 Å². The van der Waals surface area contributed by atoms with Crippen LogP contribution in [0.3, 0.4) is 0 Å². The molecule has 2 aromatic rings. The molecule has 3 heterocycles. The van der Waals surface area contributed by atoms with Gasteiger partial charge in [-0.25, -0.2) is 15.0 Å². The van der Waals surface area contributed by atoms with Gasteiger partial charge >= 0.3 is 6.18 Å². The van der Waals surface area contributed by atoms with E-state index in [0.29, 0.717) is 36.3 Å². The summed E-state index contributed by atoms with van der Waals surface area (Å²) in [6.07, 6.45) is 0.402. The summed E-state index contributed by atoms with van der Waals surface area (Å²) in [6.45, 7) is 6.68. The minimum Gasteiger partial charge on any atom is -0.342 e. The molecule has 1 aliphatic rings. The van der Waals surface area contributed by atoms with Gasteiger partial charge in [-0.1, -0.05) is 24.3 Å². The maximum Gasteiger partial charge on any atom is 0.417 e. The van der Waals surface area contributed by atoms with Gasteiger partial charge in [-0.05, 0) is 26.3 Å². The van der Waals surface area contributed by atoms with Crippen LogP contribution in [-0.4, -0.2) is 45.4 Å². The summed E-state index contributed by atoms with van der Waals surface area (Å²) in [5, 5.41) is 4.86. The number of anilines is 1. The van der Waals surface area contributed by atoms with Gasteiger partial charge in [-0.15, -0.1) is 11.3 Å². The lowest BCUT2D eigenvalue weighted by atomic mass is 10.2. The van der Waals surface area contributed by atoms with E-state index in [1.165, 1.54) is 30.4 Å². The average molecular weight is 555 g/mol. The molecule has 37 heavy (non-hydrogen) atoms. The Morgan fingerprint density at radius 1 is 1.27 bits per heavy atom. The maximum absolute atomic E-state index is 13.2. The number of carbonyl (C=O) groups is 3. The molecule has 0 bridgehead atoms. The van der Waals surface area contributed by atoms with Gasteiger partial charge in [0.15, 0.2) is 0 Å². The topological polar surface area (TPSA) is 117 Å². The summed E-state index contributed by atoms with van der Waals surface area (Å²) >= 11 is 6.56. The first-order valence-corrected chi connectivity index (χ1v) is 12.1. The first kappa shape index (κ1) is 28.0. The normalized spacial score (nSPS) is 15.8. The van der Waals surface area contributed by atoms with Crippen LogP contribution < -0.4 is 15.5 Å². The van der Waals surface area contributed by atoms with Gasteiger partial charge < -0.3 is 10.6 Å². The smallest absolute Gasteiger partial charge is 0.342 e. The zero-order valence-corrected chi connectivity index (χ0v) is 21.3. The number of nitrogens with zero attached hydrogens (tertiary/aromatic N) is 4. The molecule has 1 unspecified atom stereocenters. The lowest BCUT2D eigenvalue weighted by Gasteiger charge is -2.15. The van der Waals surface area contributed by atoms with Crippen LogP contribution in [0, 0.1) is 0 Å². The van der Waals surface area contributed by atoms with E-state index in [-0.39, 0.29) is 22.2 Å². The Kier molecular flexibility index (Phi) is 8.81. The molecule has 0 aromatic carbocycles. The number of aromatic nitrogens is 3. The third-order valence-corrected chi connectivity index (χ3v) is 6.65. The molecule has 1 saturated heterocycles. The number of allylic oxidation sites excluding steroid dienone is 5. The second-order valence-corrected chi connectivity index (χ2v) is 9.38. The Bertz CT molecular complexity index is 1290. The molecule has 0 saturated carbocycles. The van der Waals surface area contributed by atoms with E-state index in [1.807, 2.05) is 0 Å². The van der Waals surface area contributed by atoms with Crippen molar-refractivity contribution < 1.29 is 27.6 Å². The molecule has 2 aromatic heterocycles. The SMILES string of the molecule is C=C/C(Cl)=C(\C=C(/C)NC(=O)c1cnc(C(C)NC(=O)c2cc(N3CCCC3=O)ncn2)s1)C(F)(F)F. The molecule has 2 N–H and O–H groups in total. The number of alkyl halides is 3. The van der Waals surface area contributed by atoms with Crippen molar-refractivity contribution in [2.45, 2.75) is 38.9 Å². The average Bonchev–Trinajstić information content (AvgIpc) is 3.51. The summed E-state index contributed by atoms with van der Waals surface area (Å²) in [6, 6.07) is 0.803. The van der Waals surface area contributed by atoms with Crippen molar-refractivity contribution in [3.8, 4) is 0 Å². The van der Waals surface area contributed by atoms with Crippen molar-refractivity contribution in [1.29, 1.82) is 0 Å². The van der Waals surface area contributed by atoms with Gasteiger partial charge in [-0.3, -0.25) is 19.3 Å². The van der Waals surface area contributed by atoms with E-state index in [1.54, 1.807) is 6.92 Å². The third kappa shape index (κ3) is 7.01. The fourth-order valence-corrected chi connectivity index (χ4v) is 4.30. The molecule has 0 radical (unpaired) electrons. The predicted molar refractivity (Wildman–Crippen MR) is 132 cm³/mol. The van der Waals surface area contributed by atoms with Gasteiger partial charge in [0.25, 0.3) is 11.8 Å². The number of hydrogen-bond donors (Lipinski definition) is 2. The van der Waals surface area contributed by atoms with Gasteiger partial charge in [-0.2, -0.15) is 13.2 Å². The number of rotatable bonds is 8. The molecule has 1 fully saturated rings. The van der Waals surface area contributed by atoms with Crippen LogP contribution in [0.4, 0.5) is 19.0 Å². The second-order valence-electron chi connectivity index (χ2n) is 7.91. The molecular formula is C23H22ClF3N6O3S. The maximum atomic E-state index is 13.2. The summed E-state index contributed by atoms with van der Waals surface area (Å²) in [5.74, 6) is -0.951. The van der Waals surface area contributed by atoms with E-state index in [4.69, 9.17) is 11.6 Å². The fraction of sp³-hybridized carbons (Fsp3) is 0.304. The monoisotopic (exact) mass is 554 g/mol. The molecule has 1 aliphatic heterocycles. The summed E-state index contributed by atoms with van der Waals surface area (Å²) in [7, 11) is 0. The van der Waals surface area contributed by atoms with Gasteiger partial charge in [0, 0.05) is 24.7 Å². The third-order valence-electron chi connectivity index (χ3n) is 5.11. The van der Waals surface area contributed by atoms with Gasteiger partial charge in [0.2, 0.25) is 5.91 Å². The summed E-state index contributed by atoms with van der Waals surface area (Å²) in [4.78, 5) is 50.9. The number of nitrogens with one attached hydrogen (secondary N) is 2. The molecule has 196 valence electrons. The van der Waals surface area contributed by atoms with Crippen molar-refractivity contribution in [2.75, 3.05) is 11.4 Å². The molecule has 0 aliphatic carbocycles. The first-order chi connectivity index (χ1) is 17.4. The Morgan fingerprint density at radius 3 is 2.62 bits per heavy atom. The minimum absolute atomic E-state index is 0.0542. The molecule has 3 amide bonds. The molecule has 9 nitrogen and oxygen atoms in total. The quantitative estimate of drug-likeness (QED) is 0.466. The highest BCUT2D eigenvalue weighted by molar-refractivity contribution is 7.13. The van der Waals surface area contributed by atoms with Crippen LogP contribution in [-0.2, 0) is 4.79 Å². The van der Waals surface area contributed by atoms with Gasteiger partial charge in [0.1, 0.15) is 27.7 Å². The Labute approximate surface area is 219 Å². The van der Waals surface area contributed by atoms with Crippen LogP contribution in [0.15, 0.2) is 53.6 Å². The standard InChI is InChI=1S/C23H22ClF3N6O3S/c1-4-15(24)14(23(25,26)27)8-12(2)31-21(36)17-10-28-22(37-17)13(3)32-20(35)16-9-18(30-11-29-16)33-7-5-6-19(33)34/h4,8-11,13H,1,5-7H2,2-3H3,(H,31,36)(H,32,35)/b12-8+,15-14-. The Hall–Kier alpha value is -3.58. The van der Waals surface area contributed by atoms with Gasteiger partial charge in [0.05, 0.1) is 22.8 Å². The van der Waals surface area contributed by atoms with Crippen molar-refractivity contribution in [3.05, 3.63) is 69.2 Å². The highest BCUT2D eigenvalue weighted by Gasteiger charge is 2.34. The van der Waals surface area contributed by atoms with Crippen molar-refractivity contribution >= 4 is 46.5 Å². The van der Waals surface area contributed by atoms with Crippen molar-refractivity contribution in [1.82, 2.24) is 25.6 Å². The predicted octanol–water partition coefficient (Wildman–Crippen LogP) is 4.43. The summed E-state index contributed by atoms with van der Waals surface area (Å²) < 4.78 is 39.6. The Balaban J connectivity index is 1.67. The van der Waals surface area contributed by atoms with Crippen LogP contribution >= 0.6 is 22.9 Å². The molecule has 3 rings (SSSR count). The number of halogens is 4. The number of thiazole rings is 1. The fourth-order valence-electron chi connectivity index (χ4n) is 3.32. The zero-order chi connectivity index (χ0) is 27.3. The highest BCUT2D eigenvalue weighted by atomic mass is 35.5. The lowest BCUT2D eigenvalue weighted by Crippen LogP contribution is -2.29.